The Labute approximate surface area is 73.9 Å². The van der Waals surface area contributed by atoms with Gasteiger partial charge in [-0.15, -0.1) is 0 Å². The lowest BCUT2D eigenvalue weighted by Crippen LogP contribution is -2.58. The first-order valence-electron chi connectivity index (χ1n) is 4.84. The quantitative estimate of drug-likeness (QED) is 0.581. The molecule has 1 saturated carbocycles. The van der Waals surface area contributed by atoms with Gasteiger partial charge in [-0.2, -0.15) is 0 Å². The largest absolute Gasteiger partial charge is 0.337 e. The molecule has 1 aliphatic heterocycles. The van der Waals surface area contributed by atoms with Crippen molar-refractivity contribution >= 4 is 5.91 Å². The van der Waals surface area contributed by atoms with Gasteiger partial charge in [0, 0.05) is 18.0 Å². The van der Waals surface area contributed by atoms with Crippen LogP contribution >= 0.6 is 0 Å². The highest BCUT2D eigenvalue weighted by molar-refractivity contribution is 5.83. The topological polar surface area (TPSA) is 20.3 Å². The summed E-state index contributed by atoms with van der Waals surface area (Å²) in [6, 6.07) is 0. The minimum Gasteiger partial charge on any atom is -0.337 e. The average molecular weight is 167 g/mol. The molecule has 0 aromatic carbocycles. The van der Waals surface area contributed by atoms with E-state index < -0.39 is 0 Å². The van der Waals surface area contributed by atoms with E-state index in [-0.39, 0.29) is 5.54 Å². The molecular weight excluding hydrogens is 150 g/mol. The summed E-state index contributed by atoms with van der Waals surface area (Å²) < 4.78 is 0. The Balaban J connectivity index is 1.97. The number of hydrogen-bond acceptors (Lipinski definition) is 1. The maximum Gasteiger partial charge on any atom is 0.226 e. The van der Waals surface area contributed by atoms with Crippen LogP contribution in [0.5, 0.6) is 0 Å². The molecule has 1 heterocycles. The van der Waals surface area contributed by atoms with E-state index in [9.17, 15) is 4.79 Å². The second-order valence-corrected chi connectivity index (χ2v) is 4.87. The summed E-state index contributed by atoms with van der Waals surface area (Å²) in [4.78, 5) is 13.8. The van der Waals surface area contributed by atoms with Crippen LogP contribution in [0.15, 0.2) is 0 Å². The number of amides is 1. The molecule has 0 N–H and O–H groups in total. The molecule has 0 aromatic heterocycles. The van der Waals surface area contributed by atoms with E-state index in [0.29, 0.717) is 17.7 Å². The molecule has 2 nitrogen and oxygen atoms in total. The molecular formula is C10H17NO. The van der Waals surface area contributed by atoms with Crippen molar-refractivity contribution < 1.29 is 4.79 Å². The predicted molar refractivity (Wildman–Crippen MR) is 47.7 cm³/mol. The second kappa shape index (κ2) is 2.24. The van der Waals surface area contributed by atoms with Gasteiger partial charge in [-0.1, -0.05) is 6.92 Å². The number of hydrogen-bond donors (Lipinski definition) is 0. The SMILES string of the molecule is C[C@H]1C[C@@H]1C(=O)N1CCC1(C)C. The fourth-order valence-electron chi connectivity index (χ4n) is 1.95. The van der Waals surface area contributed by atoms with Gasteiger partial charge in [-0.3, -0.25) is 4.79 Å². The fourth-order valence-corrected chi connectivity index (χ4v) is 1.95. The number of carbonyl (C=O) groups excluding carboxylic acids is 1. The van der Waals surface area contributed by atoms with Gasteiger partial charge in [0.25, 0.3) is 0 Å². The van der Waals surface area contributed by atoms with Gasteiger partial charge in [0.2, 0.25) is 5.91 Å². The fraction of sp³-hybridized carbons (Fsp3) is 0.900. The van der Waals surface area contributed by atoms with E-state index >= 15 is 0 Å². The van der Waals surface area contributed by atoms with Crippen molar-refractivity contribution in [2.75, 3.05) is 6.54 Å². The first-order chi connectivity index (χ1) is 5.52. The molecule has 2 atom stereocenters. The smallest absolute Gasteiger partial charge is 0.226 e. The zero-order valence-corrected chi connectivity index (χ0v) is 8.13. The zero-order valence-electron chi connectivity index (χ0n) is 8.13. The molecule has 1 amide bonds. The van der Waals surface area contributed by atoms with E-state index in [0.717, 1.165) is 13.0 Å². The van der Waals surface area contributed by atoms with E-state index in [2.05, 4.69) is 20.8 Å². The highest BCUT2D eigenvalue weighted by atomic mass is 16.2. The molecule has 68 valence electrons. The van der Waals surface area contributed by atoms with Gasteiger partial charge in [-0.25, -0.2) is 0 Å². The van der Waals surface area contributed by atoms with Crippen molar-refractivity contribution in [1.29, 1.82) is 0 Å². The zero-order chi connectivity index (χ0) is 8.93. The third kappa shape index (κ3) is 1.05. The molecule has 2 aliphatic rings. The van der Waals surface area contributed by atoms with E-state index in [1.807, 2.05) is 4.90 Å². The lowest BCUT2D eigenvalue weighted by atomic mass is 9.88. The number of carbonyl (C=O) groups is 1. The summed E-state index contributed by atoms with van der Waals surface area (Å²) in [5, 5.41) is 0. The summed E-state index contributed by atoms with van der Waals surface area (Å²) in [5.74, 6) is 1.41. The predicted octanol–water partition coefficient (Wildman–Crippen LogP) is 1.65. The van der Waals surface area contributed by atoms with Crippen LogP contribution in [0.3, 0.4) is 0 Å². The Morgan fingerprint density at radius 2 is 2.08 bits per heavy atom. The molecule has 0 spiro atoms. The third-order valence-corrected chi connectivity index (χ3v) is 3.37. The van der Waals surface area contributed by atoms with E-state index in [1.54, 1.807) is 0 Å². The van der Waals surface area contributed by atoms with Crippen LogP contribution in [0, 0.1) is 11.8 Å². The van der Waals surface area contributed by atoms with Crippen molar-refractivity contribution in [2.45, 2.75) is 39.2 Å². The number of nitrogens with zero attached hydrogens (tertiary/aromatic N) is 1. The first-order valence-corrected chi connectivity index (χ1v) is 4.84. The minimum absolute atomic E-state index is 0.152. The van der Waals surface area contributed by atoms with Crippen LogP contribution in [0.4, 0.5) is 0 Å². The molecule has 0 unspecified atom stereocenters. The normalized spacial score (nSPS) is 37.4. The molecule has 2 heteroatoms. The van der Waals surface area contributed by atoms with Crippen LogP contribution < -0.4 is 0 Å². The molecule has 0 radical (unpaired) electrons. The van der Waals surface area contributed by atoms with Gasteiger partial charge in [-0.05, 0) is 32.6 Å². The Bertz CT molecular complexity index is 222. The summed E-state index contributed by atoms with van der Waals surface area (Å²) in [7, 11) is 0. The minimum atomic E-state index is 0.152. The van der Waals surface area contributed by atoms with Crippen LogP contribution in [0.25, 0.3) is 0 Å². The third-order valence-electron chi connectivity index (χ3n) is 3.37. The number of likely N-dealkylation sites (tertiary alicyclic amines) is 1. The molecule has 0 aromatic rings. The Hall–Kier alpha value is -0.530. The van der Waals surface area contributed by atoms with Gasteiger partial charge < -0.3 is 4.90 Å². The lowest BCUT2D eigenvalue weighted by Gasteiger charge is -2.48. The highest BCUT2D eigenvalue weighted by Gasteiger charge is 2.48. The molecule has 1 saturated heterocycles. The monoisotopic (exact) mass is 167 g/mol. The summed E-state index contributed by atoms with van der Waals surface area (Å²) in [6.45, 7) is 7.45. The molecule has 0 bridgehead atoms. The summed E-state index contributed by atoms with van der Waals surface area (Å²) in [5.41, 5.74) is 0.152. The molecule has 2 rings (SSSR count). The first kappa shape index (κ1) is 8.09. The van der Waals surface area contributed by atoms with Gasteiger partial charge >= 0.3 is 0 Å². The standard InChI is InChI=1S/C10H17NO/c1-7-6-8(7)9(12)11-5-4-10(11,2)3/h7-8H,4-6H2,1-3H3/t7-,8-/m0/s1. The average Bonchev–Trinajstić information content (AvgIpc) is 2.65. The summed E-state index contributed by atoms with van der Waals surface area (Å²) in [6.07, 6.45) is 2.28. The van der Waals surface area contributed by atoms with Gasteiger partial charge in [0.05, 0.1) is 0 Å². The Kier molecular flexibility index (Phi) is 1.51. The van der Waals surface area contributed by atoms with E-state index in [4.69, 9.17) is 0 Å². The van der Waals surface area contributed by atoms with Crippen LogP contribution in [-0.4, -0.2) is 22.9 Å². The molecule has 12 heavy (non-hydrogen) atoms. The maximum absolute atomic E-state index is 11.7. The summed E-state index contributed by atoms with van der Waals surface area (Å²) >= 11 is 0. The van der Waals surface area contributed by atoms with Crippen LogP contribution in [0.2, 0.25) is 0 Å². The lowest BCUT2D eigenvalue weighted by molar-refractivity contribution is -0.146. The van der Waals surface area contributed by atoms with Gasteiger partial charge in [0.15, 0.2) is 0 Å². The van der Waals surface area contributed by atoms with Crippen molar-refractivity contribution in [3.63, 3.8) is 0 Å². The Morgan fingerprint density at radius 3 is 2.33 bits per heavy atom. The Morgan fingerprint density at radius 1 is 1.50 bits per heavy atom. The molecule has 2 fully saturated rings. The van der Waals surface area contributed by atoms with E-state index in [1.165, 1.54) is 6.42 Å². The highest BCUT2D eigenvalue weighted by Crippen LogP contribution is 2.42. The van der Waals surface area contributed by atoms with Crippen LogP contribution in [-0.2, 0) is 4.79 Å². The van der Waals surface area contributed by atoms with Crippen LogP contribution in [0.1, 0.15) is 33.6 Å². The van der Waals surface area contributed by atoms with Gasteiger partial charge in [0.1, 0.15) is 0 Å². The number of rotatable bonds is 1. The second-order valence-electron chi connectivity index (χ2n) is 4.87. The molecule has 1 aliphatic carbocycles. The van der Waals surface area contributed by atoms with Crippen molar-refractivity contribution in [3.05, 3.63) is 0 Å². The maximum atomic E-state index is 11.7. The van der Waals surface area contributed by atoms with Crippen molar-refractivity contribution in [3.8, 4) is 0 Å². The van der Waals surface area contributed by atoms with Crippen molar-refractivity contribution in [2.24, 2.45) is 11.8 Å². The van der Waals surface area contributed by atoms with Crippen molar-refractivity contribution in [1.82, 2.24) is 4.90 Å².